The second-order valence-electron chi connectivity index (χ2n) is 3.74. The van der Waals surface area contributed by atoms with Crippen LogP contribution in [0.25, 0.3) is 10.4 Å². The maximum Gasteiger partial charge on any atom is 0.350 e. The van der Waals surface area contributed by atoms with Crippen molar-refractivity contribution in [2.24, 2.45) is 0 Å². The van der Waals surface area contributed by atoms with E-state index in [1.54, 1.807) is 13.0 Å². The van der Waals surface area contributed by atoms with Gasteiger partial charge in [0, 0.05) is 19.0 Å². The number of anilines is 1. The Morgan fingerprint density at radius 2 is 2.21 bits per heavy atom. The molecule has 100 valence electrons. The van der Waals surface area contributed by atoms with Gasteiger partial charge in [-0.2, -0.15) is 0 Å². The number of carbonyl (C=O) groups excluding carboxylic acids is 1. The first-order chi connectivity index (χ1) is 9.02. The van der Waals surface area contributed by atoms with Gasteiger partial charge in [-0.1, -0.05) is 11.6 Å². The van der Waals surface area contributed by atoms with Crippen LogP contribution in [0.3, 0.4) is 0 Å². The van der Waals surface area contributed by atoms with E-state index >= 15 is 0 Å². The molecule has 0 aliphatic heterocycles. The number of carbonyl (C=O) groups is 1. The summed E-state index contributed by atoms with van der Waals surface area (Å²) in [6.07, 6.45) is 0. The van der Waals surface area contributed by atoms with Gasteiger partial charge in [-0.15, -0.1) is 11.3 Å². The number of ether oxygens (including phenoxy) is 1. The lowest BCUT2D eigenvalue weighted by Gasteiger charge is -2.02. The molecule has 1 aromatic carbocycles. The Morgan fingerprint density at radius 3 is 2.89 bits per heavy atom. The van der Waals surface area contributed by atoms with Gasteiger partial charge in [0.15, 0.2) is 0 Å². The van der Waals surface area contributed by atoms with E-state index in [4.69, 9.17) is 22.1 Å². The van der Waals surface area contributed by atoms with E-state index in [2.05, 4.69) is 22.6 Å². The average Bonchev–Trinajstić information content (AvgIpc) is 2.74. The minimum absolute atomic E-state index is 0.334. The van der Waals surface area contributed by atoms with E-state index < -0.39 is 0 Å². The second-order valence-corrected chi connectivity index (χ2v) is 6.39. The summed E-state index contributed by atoms with van der Waals surface area (Å²) in [5.41, 5.74) is 7.28. The third-order valence-electron chi connectivity index (χ3n) is 2.42. The highest BCUT2D eigenvalue weighted by molar-refractivity contribution is 14.1. The summed E-state index contributed by atoms with van der Waals surface area (Å²) in [6.45, 7) is 2.10. The van der Waals surface area contributed by atoms with Crippen LogP contribution in [0.2, 0.25) is 5.02 Å². The van der Waals surface area contributed by atoms with Crippen molar-refractivity contribution >= 4 is 57.2 Å². The van der Waals surface area contributed by atoms with Crippen LogP contribution in [0.5, 0.6) is 0 Å². The molecule has 3 nitrogen and oxygen atoms in total. The Balaban J connectivity index is 2.44. The van der Waals surface area contributed by atoms with Gasteiger partial charge in [0.25, 0.3) is 0 Å². The summed E-state index contributed by atoms with van der Waals surface area (Å²) >= 11 is 9.55. The first-order valence-electron chi connectivity index (χ1n) is 5.54. The normalized spacial score (nSPS) is 10.5. The summed E-state index contributed by atoms with van der Waals surface area (Å²) in [5, 5.41) is 0.653. The predicted octanol–water partition coefficient (Wildman–Crippen LogP) is 4.43. The molecule has 1 aromatic heterocycles. The number of thiophene rings is 1. The Labute approximate surface area is 133 Å². The Kier molecular flexibility index (Phi) is 4.70. The summed E-state index contributed by atoms with van der Waals surface area (Å²) in [5.74, 6) is -0.381. The molecule has 0 aliphatic rings. The van der Waals surface area contributed by atoms with Gasteiger partial charge in [-0.05, 0) is 53.8 Å². The zero-order chi connectivity index (χ0) is 14.0. The fourth-order valence-corrected chi connectivity index (χ4v) is 3.57. The smallest absolute Gasteiger partial charge is 0.350 e. The van der Waals surface area contributed by atoms with Gasteiger partial charge < -0.3 is 10.5 Å². The molecule has 2 rings (SSSR count). The lowest BCUT2D eigenvalue weighted by molar-refractivity contribution is 0.0533. The van der Waals surface area contributed by atoms with Crippen LogP contribution in [0.1, 0.15) is 16.6 Å². The van der Waals surface area contributed by atoms with Crippen molar-refractivity contribution in [3.05, 3.63) is 37.7 Å². The van der Waals surface area contributed by atoms with Crippen molar-refractivity contribution in [2.45, 2.75) is 6.92 Å². The summed E-state index contributed by atoms with van der Waals surface area (Å²) in [6, 6.07) is 7.41. The fourth-order valence-electron chi connectivity index (χ4n) is 1.58. The van der Waals surface area contributed by atoms with Crippen LogP contribution < -0.4 is 5.73 Å². The number of hydrogen-bond acceptors (Lipinski definition) is 4. The number of rotatable bonds is 3. The van der Waals surface area contributed by atoms with Crippen LogP contribution in [0.15, 0.2) is 24.3 Å². The molecule has 0 fully saturated rings. The number of nitrogen functional groups attached to an aromatic ring is 1. The molecule has 0 saturated carbocycles. The molecule has 0 spiro atoms. The van der Waals surface area contributed by atoms with Crippen LogP contribution in [0, 0.1) is 3.57 Å². The van der Waals surface area contributed by atoms with Gasteiger partial charge >= 0.3 is 5.97 Å². The molecule has 2 N–H and O–H groups in total. The quantitative estimate of drug-likeness (QED) is 0.605. The Hall–Kier alpha value is -0.790. The first kappa shape index (κ1) is 14.6. The number of nitrogens with two attached hydrogens (primary N) is 1. The molecule has 0 aliphatic carbocycles. The second kappa shape index (κ2) is 6.11. The SMILES string of the molecule is CCOC(=O)c1sc(-c2cc(Cl)ccc2I)cc1N. The van der Waals surface area contributed by atoms with Gasteiger partial charge in [0.2, 0.25) is 0 Å². The van der Waals surface area contributed by atoms with Crippen LogP contribution in [0.4, 0.5) is 5.69 Å². The molecule has 1 heterocycles. The molecule has 19 heavy (non-hydrogen) atoms. The third kappa shape index (κ3) is 3.21. The summed E-state index contributed by atoms with van der Waals surface area (Å²) in [4.78, 5) is 13.1. The number of hydrogen-bond donors (Lipinski definition) is 1. The van der Waals surface area contributed by atoms with Gasteiger partial charge in [-0.3, -0.25) is 0 Å². The molecular weight excluding hydrogens is 397 g/mol. The molecule has 2 aromatic rings. The molecule has 0 saturated heterocycles. The van der Waals surface area contributed by atoms with Gasteiger partial charge in [0.05, 0.1) is 12.3 Å². The molecule has 0 radical (unpaired) electrons. The average molecular weight is 408 g/mol. The fraction of sp³-hybridized carbons (Fsp3) is 0.154. The number of benzene rings is 1. The molecule has 0 bridgehead atoms. The molecule has 0 unspecified atom stereocenters. The minimum Gasteiger partial charge on any atom is -0.462 e. The zero-order valence-electron chi connectivity index (χ0n) is 10.1. The molecular formula is C13H11ClINO2S. The topological polar surface area (TPSA) is 52.3 Å². The number of esters is 1. The predicted molar refractivity (Wildman–Crippen MR) is 87.9 cm³/mol. The van der Waals surface area contributed by atoms with E-state index in [1.165, 1.54) is 11.3 Å². The van der Waals surface area contributed by atoms with Crippen molar-refractivity contribution in [1.29, 1.82) is 0 Å². The van der Waals surface area contributed by atoms with Crippen LogP contribution >= 0.6 is 45.5 Å². The summed E-state index contributed by atoms with van der Waals surface area (Å²) < 4.78 is 6.03. The van der Waals surface area contributed by atoms with Crippen LogP contribution in [-0.4, -0.2) is 12.6 Å². The van der Waals surface area contributed by atoms with Crippen molar-refractivity contribution < 1.29 is 9.53 Å². The van der Waals surface area contributed by atoms with E-state index in [9.17, 15) is 4.79 Å². The standard InChI is InChI=1S/C13H11ClINO2S/c1-2-18-13(17)12-10(16)6-11(19-12)8-5-7(14)3-4-9(8)15/h3-6H,2,16H2,1H3. The maximum atomic E-state index is 11.7. The van der Waals surface area contributed by atoms with E-state index in [0.29, 0.717) is 22.2 Å². The van der Waals surface area contributed by atoms with E-state index in [1.807, 2.05) is 18.2 Å². The Bertz CT molecular complexity index is 627. The van der Waals surface area contributed by atoms with Crippen LogP contribution in [-0.2, 0) is 4.74 Å². The highest BCUT2D eigenvalue weighted by Crippen LogP contribution is 2.37. The van der Waals surface area contributed by atoms with Crippen molar-refractivity contribution in [3.8, 4) is 10.4 Å². The van der Waals surface area contributed by atoms with Crippen molar-refractivity contribution in [1.82, 2.24) is 0 Å². The molecule has 0 amide bonds. The molecule has 0 atom stereocenters. The maximum absolute atomic E-state index is 11.7. The van der Waals surface area contributed by atoms with Gasteiger partial charge in [-0.25, -0.2) is 4.79 Å². The summed E-state index contributed by atoms with van der Waals surface area (Å²) in [7, 11) is 0. The zero-order valence-corrected chi connectivity index (χ0v) is 13.8. The largest absolute Gasteiger partial charge is 0.462 e. The minimum atomic E-state index is -0.381. The lowest BCUT2D eigenvalue weighted by Crippen LogP contribution is -2.04. The molecule has 6 heteroatoms. The van der Waals surface area contributed by atoms with Gasteiger partial charge in [0.1, 0.15) is 4.88 Å². The van der Waals surface area contributed by atoms with Crippen molar-refractivity contribution in [2.75, 3.05) is 12.3 Å². The first-order valence-corrected chi connectivity index (χ1v) is 7.82. The van der Waals surface area contributed by atoms with E-state index in [-0.39, 0.29) is 5.97 Å². The third-order valence-corrected chi connectivity index (χ3v) is 4.76. The van der Waals surface area contributed by atoms with Crippen molar-refractivity contribution in [3.63, 3.8) is 0 Å². The van der Waals surface area contributed by atoms with E-state index in [0.717, 1.165) is 14.0 Å². The number of halogens is 2. The Morgan fingerprint density at radius 1 is 1.47 bits per heavy atom. The highest BCUT2D eigenvalue weighted by atomic mass is 127. The highest BCUT2D eigenvalue weighted by Gasteiger charge is 2.17. The lowest BCUT2D eigenvalue weighted by atomic mass is 10.2. The monoisotopic (exact) mass is 407 g/mol.